The summed E-state index contributed by atoms with van der Waals surface area (Å²) in [5.41, 5.74) is 3.47. The lowest BCUT2D eigenvalue weighted by atomic mass is 9.97. The van der Waals surface area contributed by atoms with Crippen molar-refractivity contribution < 1.29 is 19.0 Å². The van der Waals surface area contributed by atoms with Gasteiger partial charge in [-0.1, -0.05) is 6.07 Å². The van der Waals surface area contributed by atoms with Crippen molar-refractivity contribution in [2.24, 2.45) is 7.05 Å². The molecule has 1 aromatic heterocycles. The lowest BCUT2D eigenvalue weighted by molar-refractivity contribution is 0.0977. The summed E-state index contributed by atoms with van der Waals surface area (Å²) in [4.78, 5) is 14.9. The van der Waals surface area contributed by atoms with Gasteiger partial charge in [0.05, 0.1) is 32.6 Å². The van der Waals surface area contributed by atoms with Gasteiger partial charge in [-0.3, -0.25) is 4.79 Å². The van der Waals surface area contributed by atoms with E-state index in [1.165, 1.54) is 5.39 Å². The van der Waals surface area contributed by atoms with Crippen LogP contribution in [0.25, 0.3) is 10.9 Å². The van der Waals surface area contributed by atoms with E-state index in [1.807, 2.05) is 19.3 Å². The van der Waals surface area contributed by atoms with E-state index in [0.717, 1.165) is 16.9 Å². The van der Waals surface area contributed by atoms with Gasteiger partial charge in [0.25, 0.3) is 0 Å². The van der Waals surface area contributed by atoms with Gasteiger partial charge in [-0.05, 0) is 23.6 Å². The van der Waals surface area contributed by atoms with Crippen molar-refractivity contribution in [2.45, 2.75) is 6.42 Å². The van der Waals surface area contributed by atoms with Gasteiger partial charge in [-0.25, -0.2) is 0 Å². The van der Waals surface area contributed by atoms with E-state index in [2.05, 4.69) is 33.7 Å². The van der Waals surface area contributed by atoms with Gasteiger partial charge in [-0.15, -0.1) is 0 Å². The van der Waals surface area contributed by atoms with Gasteiger partial charge in [-0.2, -0.15) is 0 Å². The molecule has 0 spiro atoms. The summed E-state index contributed by atoms with van der Waals surface area (Å²) in [7, 11) is 6.69. The Morgan fingerprint density at radius 1 is 0.963 bits per heavy atom. The van der Waals surface area contributed by atoms with E-state index in [9.17, 15) is 4.79 Å². The third-order valence-corrected chi connectivity index (χ3v) is 5.12. The highest BCUT2D eigenvalue weighted by Gasteiger charge is 2.32. The molecule has 2 heterocycles. The first-order valence-corrected chi connectivity index (χ1v) is 8.77. The minimum atomic E-state index is 0.0407. The van der Waals surface area contributed by atoms with Crippen LogP contribution in [0.15, 0.2) is 36.5 Å². The maximum Gasteiger partial charge on any atom is 0.204 e. The maximum atomic E-state index is 12.7. The van der Waals surface area contributed by atoms with Gasteiger partial charge in [0.2, 0.25) is 5.75 Å². The van der Waals surface area contributed by atoms with Crippen molar-refractivity contribution in [1.82, 2.24) is 4.57 Å². The molecule has 2 aromatic carbocycles. The minimum absolute atomic E-state index is 0.0407. The van der Waals surface area contributed by atoms with Gasteiger partial charge in [0.15, 0.2) is 17.3 Å². The molecule has 0 radical (unpaired) electrons. The second kappa shape index (κ2) is 6.54. The van der Waals surface area contributed by atoms with E-state index < -0.39 is 0 Å². The number of carbonyl (C=O) groups is 1. The molecule has 1 aliphatic heterocycles. The number of methoxy groups -OCH3 is 3. The molecule has 0 saturated heterocycles. The van der Waals surface area contributed by atoms with Crippen molar-refractivity contribution in [3.8, 4) is 17.2 Å². The average molecular weight is 366 g/mol. The molecule has 0 N–H and O–H groups in total. The number of benzene rings is 2. The normalized spacial score (nSPS) is 13.6. The number of hydrogen-bond acceptors (Lipinski definition) is 5. The van der Waals surface area contributed by atoms with Crippen molar-refractivity contribution >= 4 is 28.1 Å². The molecule has 4 rings (SSSR count). The highest BCUT2D eigenvalue weighted by molar-refractivity contribution is 6.08. The molecule has 6 nitrogen and oxygen atoms in total. The smallest absolute Gasteiger partial charge is 0.204 e. The van der Waals surface area contributed by atoms with Gasteiger partial charge < -0.3 is 23.7 Å². The summed E-state index contributed by atoms with van der Waals surface area (Å²) in [6.07, 6.45) is 2.45. The Labute approximate surface area is 157 Å². The Kier molecular flexibility index (Phi) is 4.18. The minimum Gasteiger partial charge on any atom is -0.493 e. The molecule has 6 heteroatoms. The summed E-state index contributed by atoms with van der Waals surface area (Å²) in [6.45, 7) is 0.598. The van der Waals surface area contributed by atoms with Crippen LogP contribution in [-0.2, 0) is 7.05 Å². The fourth-order valence-corrected chi connectivity index (χ4v) is 3.77. The first-order chi connectivity index (χ1) is 13.1. The number of ketones is 1. The number of nitrogens with zero attached hydrogens (tertiary/aromatic N) is 2. The number of Topliss-reactive ketones (excluding diaryl/α,β-unsaturated/α-hetero) is 1. The zero-order chi connectivity index (χ0) is 19.1. The Hall–Kier alpha value is -3.15. The van der Waals surface area contributed by atoms with Crippen LogP contribution >= 0.6 is 0 Å². The van der Waals surface area contributed by atoms with E-state index in [1.54, 1.807) is 21.3 Å². The molecule has 0 aliphatic carbocycles. The molecule has 3 aromatic rings. The van der Waals surface area contributed by atoms with Crippen LogP contribution in [0.4, 0.5) is 11.4 Å². The van der Waals surface area contributed by atoms with Gasteiger partial charge in [0, 0.05) is 43.5 Å². The van der Waals surface area contributed by atoms with Crippen molar-refractivity contribution in [1.29, 1.82) is 0 Å². The Morgan fingerprint density at radius 3 is 2.44 bits per heavy atom. The van der Waals surface area contributed by atoms with Crippen molar-refractivity contribution in [2.75, 3.05) is 32.8 Å². The van der Waals surface area contributed by atoms with Crippen LogP contribution in [0.1, 0.15) is 16.8 Å². The largest absolute Gasteiger partial charge is 0.493 e. The van der Waals surface area contributed by atoms with Crippen LogP contribution in [0.5, 0.6) is 17.2 Å². The fraction of sp³-hybridized carbons (Fsp3) is 0.286. The number of aromatic nitrogens is 1. The SMILES string of the molecule is COc1cc2c(c(OC)c1OC)C(=O)CCN2c1ccc2ccn(C)c2c1. The number of anilines is 2. The summed E-state index contributed by atoms with van der Waals surface area (Å²) in [5, 5.41) is 1.18. The number of fused-ring (bicyclic) bond motifs is 2. The molecule has 0 amide bonds. The second-order valence-corrected chi connectivity index (χ2v) is 6.53. The van der Waals surface area contributed by atoms with Crippen LogP contribution in [0.2, 0.25) is 0 Å². The molecule has 0 fully saturated rings. The lowest BCUT2D eigenvalue weighted by Gasteiger charge is -2.32. The Balaban J connectivity index is 1.94. The highest BCUT2D eigenvalue weighted by atomic mass is 16.5. The van der Waals surface area contributed by atoms with Crippen LogP contribution < -0.4 is 19.1 Å². The first kappa shape index (κ1) is 17.3. The summed E-state index contributed by atoms with van der Waals surface area (Å²) in [6, 6.07) is 10.2. The standard InChI is InChI=1S/C21H22N2O4/c1-22-9-7-13-5-6-14(11-15(13)22)23-10-8-17(24)19-16(23)12-18(25-2)20(26-3)21(19)27-4/h5-7,9,11-12H,8,10H2,1-4H3. The molecule has 0 atom stereocenters. The summed E-state index contributed by atoms with van der Waals surface area (Å²) in [5.74, 6) is 1.43. The zero-order valence-corrected chi connectivity index (χ0v) is 15.9. The van der Waals surface area contributed by atoms with Crippen molar-refractivity contribution in [3.05, 3.63) is 42.1 Å². The third-order valence-electron chi connectivity index (χ3n) is 5.12. The average Bonchev–Trinajstić information content (AvgIpc) is 3.07. The monoisotopic (exact) mass is 366 g/mol. The molecule has 0 saturated carbocycles. The third kappa shape index (κ3) is 2.60. The molecule has 0 unspecified atom stereocenters. The van der Waals surface area contributed by atoms with Crippen LogP contribution in [0.3, 0.4) is 0 Å². The van der Waals surface area contributed by atoms with E-state index in [0.29, 0.717) is 35.8 Å². The molecule has 27 heavy (non-hydrogen) atoms. The predicted octanol–water partition coefficient (Wildman–Crippen LogP) is 3.93. The molecular formula is C21H22N2O4. The summed E-state index contributed by atoms with van der Waals surface area (Å²) >= 11 is 0. The fourth-order valence-electron chi connectivity index (χ4n) is 3.77. The molecular weight excluding hydrogens is 344 g/mol. The number of aryl methyl sites for hydroxylation is 1. The number of carbonyl (C=O) groups excluding carboxylic acids is 1. The topological polar surface area (TPSA) is 52.9 Å². The van der Waals surface area contributed by atoms with Gasteiger partial charge in [0.1, 0.15) is 0 Å². The van der Waals surface area contributed by atoms with E-state index in [-0.39, 0.29) is 5.78 Å². The van der Waals surface area contributed by atoms with Gasteiger partial charge >= 0.3 is 0 Å². The predicted molar refractivity (Wildman–Crippen MR) is 105 cm³/mol. The Bertz CT molecular complexity index is 1040. The van der Waals surface area contributed by atoms with E-state index in [4.69, 9.17) is 14.2 Å². The lowest BCUT2D eigenvalue weighted by Crippen LogP contribution is -2.28. The number of hydrogen-bond donors (Lipinski definition) is 0. The first-order valence-electron chi connectivity index (χ1n) is 8.77. The number of ether oxygens (including phenoxy) is 3. The zero-order valence-electron chi connectivity index (χ0n) is 15.9. The quantitative estimate of drug-likeness (QED) is 0.700. The maximum absolute atomic E-state index is 12.7. The number of rotatable bonds is 4. The van der Waals surface area contributed by atoms with Crippen LogP contribution in [-0.4, -0.2) is 38.2 Å². The van der Waals surface area contributed by atoms with Crippen molar-refractivity contribution in [3.63, 3.8) is 0 Å². The van der Waals surface area contributed by atoms with E-state index >= 15 is 0 Å². The molecule has 0 bridgehead atoms. The molecule has 140 valence electrons. The van der Waals surface area contributed by atoms with Crippen LogP contribution in [0, 0.1) is 0 Å². The Morgan fingerprint density at radius 2 is 1.74 bits per heavy atom. The molecule has 1 aliphatic rings. The summed E-state index contributed by atoms with van der Waals surface area (Å²) < 4.78 is 18.6. The second-order valence-electron chi connectivity index (χ2n) is 6.53. The highest BCUT2D eigenvalue weighted by Crippen LogP contribution is 2.48.